The summed E-state index contributed by atoms with van der Waals surface area (Å²) in [6.45, 7) is 2.03. The van der Waals surface area contributed by atoms with Gasteiger partial charge in [0.2, 0.25) is 0 Å². The Balaban J connectivity index is 1.98. The maximum absolute atomic E-state index is 11.9. The Morgan fingerprint density at radius 2 is 1.67 bits per heavy atom. The number of carbonyl (C=O) groups is 1. The topological polar surface area (TPSA) is 37.3 Å². The van der Waals surface area contributed by atoms with Crippen molar-refractivity contribution in [3.05, 3.63) is 65.2 Å². The predicted octanol–water partition coefficient (Wildman–Crippen LogP) is 3.05. The Kier molecular flexibility index (Phi) is 3.78. The largest absolute Gasteiger partial charge is 0.508 e. The minimum absolute atomic E-state index is 0.157. The zero-order chi connectivity index (χ0) is 13.0. The van der Waals surface area contributed by atoms with Crippen LogP contribution in [0.5, 0.6) is 5.75 Å². The van der Waals surface area contributed by atoms with E-state index in [1.165, 1.54) is 5.56 Å². The van der Waals surface area contributed by atoms with E-state index in [9.17, 15) is 9.90 Å². The molecule has 18 heavy (non-hydrogen) atoms. The van der Waals surface area contributed by atoms with Crippen LogP contribution in [0.4, 0.5) is 0 Å². The molecule has 0 saturated carbocycles. The van der Waals surface area contributed by atoms with Crippen LogP contribution in [-0.2, 0) is 17.6 Å². The number of phenols is 1. The molecule has 0 aliphatic carbocycles. The van der Waals surface area contributed by atoms with Crippen molar-refractivity contribution in [2.45, 2.75) is 19.8 Å². The van der Waals surface area contributed by atoms with Gasteiger partial charge in [0.25, 0.3) is 0 Å². The summed E-state index contributed by atoms with van der Waals surface area (Å²) in [5, 5.41) is 9.33. The van der Waals surface area contributed by atoms with E-state index in [2.05, 4.69) is 0 Å². The third-order valence-electron chi connectivity index (χ3n) is 2.83. The summed E-state index contributed by atoms with van der Waals surface area (Å²) in [5.74, 6) is 0.361. The molecule has 0 aromatic heterocycles. The zero-order valence-electron chi connectivity index (χ0n) is 10.4. The fourth-order valence-corrected chi connectivity index (χ4v) is 1.89. The van der Waals surface area contributed by atoms with Gasteiger partial charge in [0.05, 0.1) is 0 Å². The molecule has 0 amide bonds. The SMILES string of the molecule is Cc1ccc(CC(=O)Cc2cccc(O)c2)cc1. The summed E-state index contributed by atoms with van der Waals surface area (Å²) in [7, 11) is 0. The summed E-state index contributed by atoms with van der Waals surface area (Å²) in [4.78, 5) is 11.9. The highest BCUT2D eigenvalue weighted by molar-refractivity contribution is 5.83. The summed E-state index contributed by atoms with van der Waals surface area (Å²) in [6, 6.07) is 14.8. The van der Waals surface area contributed by atoms with Crippen LogP contribution in [0.15, 0.2) is 48.5 Å². The monoisotopic (exact) mass is 240 g/mol. The van der Waals surface area contributed by atoms with Crippen molar-refractivity contribution in [2.24, 2.45) is 0 Å². The first-order valence-electron chi connectivity index (χ1n) is 5.98. The van der Waals surface area contributed by atoms with E-state index in [0.29, 0.717) is 12.8 Å². The van der Waals surface area contributed by atoms with E-state index in [-0.39, 0.29) is 11.5 Å². The van der Waals surface area contributed by atoms with Crippen molar-refractivity contribution < 1.29 is 9.90 Å². The number of hydrogen-bond donors (Lipinski definition) is 1. The van der Waals surface area contributed by atoms with E-state index in [4.69, 9.17) is 0 Å². The highest BCUT2D eigenvalue weighted by atomic mass is 16.3. The minimum atomic E-state index is 0.157. The zero-order valence-corrected chi connectivity index (χ0v) is 10.4. The molecule has 0 atom stereocenters. The summed E-state index contributed by atoms with van der Waals surface area (Å²) < 4.78 is 0. The van der Waals surface area contributed by atoms with Gasteiger partial charge >= 0.3 is 0 Å². The van der Waals surface area contributed by atoms with Crippen molar-refractivity contribution >= 4 is 5.78 Å². The lowest BCUT2D eigenvalue weighted by molar-refractivity contribution is -0.117. The molecular formula is C16H16O2. The van der Waals surface area contributed by atoms with Crippen molar-refractivity contribution in [1.82, 2.24) is 0 Å². The van der Waals surface area contributed by atoms with E-state index in [1.54, 1.807) is 18.2 Å². The normalized spacial score (nSPS) is 10.3. The Bertz CT molecular complexity index is 541. The van der Waals surface area contributed by atoms with E-state index >= 15 is 0 Å². The third-order valence-corrected chi connectivity index (χ3v) is 2.83. The number of benzene rings is 2. The van der Waals surface area contributed by atoms with Crippen LogP contribution >= 0.6 is 0 Å². The first-order chi connectivity index (χ1) is 8.63. The molecule has 2 nitrogen and oxygen atoms in total. The van der Waals surface area contributed by atoms with Crippen LogP contribution in [0.2, 0.25) is 0 Å². The maximum Gasteiger partial charge on any atom is 0.141 e. The lowest BCUT2D eigenvalue weighted by atomic mass is 10.0. The Morgan fingerprint density at radius 3 is 2.33 bits per heavy atom. The Morgan fingerprint density at radius 1 is 1.00 bits per heavy atom. The quantitative estimate of drug-likeness (QED) is 0.891. The molecule has 2 heteroatoms. The number of carbonyl (C=O) groups excluding carboxylic acids is 1. The molecule has 2 aromatic carbocycles. The van der Waals surface area contributed by atoms with Crippen LogP contribution in [0.3, 0.4) is 0 Å². The second-order valence-electron chi connectivity index (χ2n) is 4.55. The summed E-state index contributed by atoms with van der Waals surface area (Å²) in [5.41, 5.74) is 3.08. The number of phenolic OH excluding ortho intramolecular Hbond substituents is 1. The van der Waals surface area contributed by atoms with Crippen LogP contribution in [0.25, 0.3) is 0 Å². The van der Waals surface area contributed by atoms with E-state index in [1.807, 2.05) is 37.3 Å². The predicted molar refractivity (Wildman–Crippen MR) is 71.7 cm³/mol. The fraction of sp³-hybridized carbons (Fsp3) is 0.188. The Labute approximate surface area is 107 Å². The van der Waals surface area contributed by atoms with Gasteiger partial charge in [-0.3, -0.25) is 4.79 Å². The van der Waals surface area contributed by atoms with Gasteiger partial charge in [-0.1, -0.05) is 42.0 Å². The van der Waals surface area contributed by atoms with Gasteiger partial charge in [0.1, 0.15) is 11.5 Å². The van der Waals surface area contributed by atoms with Crippen molar-refractivity contribution in [1.29, 1.82) is 0 Å². The van der Waals surface area contributed by atoms with Crippen LogP contribution in [-0.4, -0.2) is 10.9 Å². The third kappa shape index (κ3) is 3.45. The molecule has 0 bridgehead atoms. The van der Waals surface area contributed by atoms with Gasteiger partial charge < -0.3 is 5.11 Å². The van der Waals surface area contributed by atoms with Gasteiger partial charge in [-0.05, 0) is 30.2 Å². The summed E-state index contributed by atoms with van der Waals surface area (Å²) in [6.07, 6.45) is 0.804. The molecular weight excluding hydrogens is 224 g/mol. The second kappa shape index (κ2) is 5.50. The Hall–Kier alpha value is -2.09. The van der Waals surface area contributed by atoms with Gasteiger partial charge in [-0.15, -0.1) is 0 Å². The summed E-state index contributed by atoms with van der Waals surface area (Å²) >= 11 is 0. The van der Waals surface area contributed by atoms with Gasteiger partial charge in [0, 0.05) is 12.8 Å². The number of hydrogen-bond acceptors (Lipinski definition) is 2. The number of aryl methyl sites for hydroxylation is 1. The molecule has 0 saturated heterocycles. The van der Waals surface area contributed by atoms with Gasteiger partial charge in [0.15, 0.2) is 0 Å². The van der Waals surface area contributed by atoms with Gasteiger partial charge in [-0.2, -0.15) is 0 Å². The van der Waals surface area contributed by atoms with E-state index < -0.39 is 0 Å². The van der Waals surface area contributed by atoms with Crippen LogP contribution in [0, 0.1) is 6.92 Å². The van der Waals surface area contributed by atoms with Crippen LogP contribution in [0.1, 0.15) is 16.7 Å². The molecule has 0 radical (unpaired) electrons. The smallest absolute Gasteiger partial charge is 0.141 e. The lowest BCUT2D eigenvalue weighted by Crippen LogP contribution is -2.06. The second-order valence-corrected chi connectivity index (χ2v) is 4.55. The number of rotatable bonds is 4. The van der Waals surface area contributed by atoms with Crippen LogP contribution < -0.4 is 0 Å². The molecule has 0 unspecified atom stereocenters. The molecule has 0 spiro atoms. The molecule has 2 aromatic rings. The first kappa shape index (κ1) is 12.4. The van der Waals surface area contributed by atoms with E-state index in [0.717, 1.165) is 11.1 Å². The molecule has 0 heterocycles. The van der Waals surface area contributed by atoms with Crippen molar-refractivity contribution in [3.63, 3.8) is 0 Å². The molecule has 0 aliphatic rings. The maximum atomic E-state index is 11.9. The average molecular weight is 240 g/mol. The molecule has 1 N–H and O–H groups in total. The number of aromatic hydroxyl groups is 1. The first-order valence-corrected chi connectivity index (χ1v) is 5.98. The molecule has 0 fully saturated rings. The highest BCUT2D eigenvalue weighted by Gasteiger charge is 2.05. The van der Waals surface area contributed by atoms with Gasteiger partial charge in [-0.25, -0.2) is 0 Å². The standard InChI is InChI=1S/C16H16O2/c1-12-5-7-13(8-6-12)9-16(18)11-14-3-2-4-15(17)10-14/h2-8,10,17H,9,11H2,1H3. The van der Waals surface area contributed by atoms with Crippen molar-refractivity contribution in [2.75, 3.05) is 0 Å². The fourth-order valence-electron chi connectivity index (χ4n) is 1.89. The number of ketones is 1. The molecule has 92 valence electrons. The average Bonchev–Trinajstić information content (AvgIpc) is 2.32. The number of Topliss-reactive ketones (excluding diaryl/α,β-unsaturated/α-hetero) is 1. The highest BCUT2D eigenvalue weighted by Crippen LogP contribution is 2.13. The molecule has 0 aliphatic heterocycles. The minimum Gasteiger partial charge on any atom is -0.508 e. The lowest BCUT2D eigenvalue weighted by Gasteiger charge is -2.03. The van der Waals surface area contributed by atoms with Crippen molar-refractivity contribution in [3.8, 4) is 5.75 Å². The molecule has 2 rings (SSSR count).